The van der Waals surface area contributed by atoms with Crippen molar-refractivity contribution in [1.82, 2.24) is 0 Å². The van der Waals surface area contributed by atoms with Gasteiger partial charge in [0.25, 0.3) is 0 Å². The second-order valence-electron chi connectivity index (χ2n) is 7.52. The molecule has 2 aromatic carbocycles. The molecule has 4 rings (SSSR count). The summed E-state index contributed by atoms with van der Waals surface area (Å²) in [7, 11) is 0. The second kappa shape index (κ2) is 6.32. The predicted octanol–water partition coefficient (Wildman–Crippen LogP) is 6.84. The minimum absolute atomic E-state index is 0.948. The van der Waals surface area contributed by atoms with E-state index in [2.05, 4.69) is 64.1 Å². The molecule has 1 aliphatic rings. The molecule has 0 atom stereocenters. The first-order valence-corrected chi connectivity index (χ1v) is 9.48. The number of furan rings is 1. The smallest absolute Gasteiger partial charge is 0.130 e. The van der Waals surface area contributed by atoms with Crippen LogP contribution in [0, 0.1) is 27.7 Å². The van der Waals surface area contributed by atoms with Crippen molar-refractivity contribution in [1.29, 1.82) is 0 Å². The molecule has 0 saturated heterocycles. The normalized spacial score (nSPS) is 13.0. The van der Waals surface area contributed by atoms with E-state index in [1.54, 1.807) is 0 Å². The number of fused-ring (bicyclic) bond motifs is 1. The summed E-state index contributed by atoms with van der Waals surface area (Å²) in [6, 6.07) is 13.4. The number of allylic oxidation sites excluding steroid dienone is 1. The molecule has 1 heteroatoms. The Balaban J connectivity index is 1.91. The van der Waals surface area contributed by atoms with Crippen molar-refractivity contribution in [3.63, 3.8) is 0 Å². The van der Waals surface area contributed by atoms with Crippen LogP contribution >= 0.6 is 0 Å². The summed E-state index contributed by atoms with van der Waals surface area (Å²) < 4.78 is 5.89. The van der Waals surface area contributed by atoms with Gasteiger partial charge in [-0.1, -0.05) is 31.2 Å². The number of hydrogen-bond donors (Lipinski definition) is 0. The minimum atomic E-state index is 0.948. The second-order valence-corrected chi connectivity index (χ2v) is 7.52. The summed E-state index contributed by atoms with van der Waals surface area (Å²) in [5, 5.41) is 0. The van der Waals surface area contributed by atoms with Crippen LogP contribution in [0.25, 0.3) is 22.8 Å². The quantitative estimate of drug-likeness (QED) is 0.508. The molecule has 0 unspecified atom stereocenters. The highest BCUT2D eigenvalue weighted by atomic mass is 16.3. The molecule has 0 aliphatic heterocycles. The molecular weight excluding hydrogens is 316 g/mol. The Morgan fingerprint density at radius 3 is 2.27 bits per heavy atom. The topological polar surface area (TPSA) is 13.1 Å². The van der Waals surface area contributed by atoms with Gasteiger partial charge in [-0.15, -0.1) is 0 Å². The molecule has 26 heavy (non-hydrogen) atoms. The third-order valence-electron chi connectivity index (χ3n) is 5.78. The molecule has 0 amide bonds. The van der Waals surface area contributed by atoms with Crippen LogP contribution in [0.15, 0.2) is 40.8 Å². The number of aryl methyl sites for hydroxylation is 4. The van der Waals surface area contributed by atoms with Crippen molar-refractivity contribution < 1.29 is 4.42 Å². The van der Waals surface area contributed by atoms with E-state index in [-0.39, 0.29) is 0 Å². The summed E-state index contributed by atoms with van der Waals surface area (Å²) in [6.07, 6.45) is 4.33. The third kappa shape index (κ3) is 2.72. The fraction of sp³-hybridized carbons (Fsp3) is 0.280. The zero-order valence-corrected chi connectivity index (χ0v) is 16.4. The van der Waals surface area contributed by atoms with Crippen LogP contribution in [-0.4, -0.2) is 0 Å². The summed E-state index contributed by atoms with van der Waals surface area (Å²) in [5.74, 6) is 1.97. The Bertz CT molecular complexity index is 1010. The maximum absolute atomic E-state index is 5.89. The SMILES string of the molecule is CCc1ccc2c(c1-c1cc(C)c(C)c(C)c1)C=C(c1ccc(C)o1)C2. The van der Waals surface area contributed by atoms with Crippen LogP contribution in [-0.2, 0) is 12.8 Å². The van der Waals surface area contributed by atoms with Crippen LogP contribution in [0.5, 0.6) is 0 Å². The van der Waals surface area contributed by atoms with Gasteiger partial charge >= 0.3 is 0 Å². The summed E-state index contributed by atoms with van der Waals surface area (Å²) in [6.45, 7) is 10.9. The average Bonchev–Trinajstić information content (AvgIpc) is 3.24. The van der Waals surface area contributed by atoms with Crippen LogP contribution in [0.4, 0.5) is 0 Å². The summed E-state index contributed by atoms with van der Waals surface area (Å²) in [4.78, 5) is 0. The Labute approximate surface area is 156 Å². The van der Waals surface area contributed by atoms with Crippen LogP contribution in [0.2, 0.25) is 0 Å². The average molecular weight is 342 g/mol. The molecule has 1 heterocycles. The Morgan fingerprint density at radius 1 is 0.923 bits per heavy atom. The van der Waals surface area contributed by atoms with E-state index in [0.717, 1.165) is 24.4 Å². The van der Waals surface area contributed by atoms with Crippen molar-refractivity contribution in [3.05, 3.63) is 81.3 Å². The van der Waals surface area contributed by atoms with Crippen molar-refractivity contribution >= 4 is 11.6 Å². The Hall–Kier alpha value is -2.54. The highest BCUT2D eigenvalue weighted by Crippen LogP contribution is 2.40. The van der Waals surface area contributed by atoms with Gasteiger partial charge in [-0.2, -0.15) is 0 Å². The van der Waals surface area contributed by atoms with Gasteiger partial charge in [0.15, 0.2) is 0 Å². The van der Waals surface area contributed by atoms with Crippen molar-refractivity contribution in [3.8, 4) is 11.1 Å². The van der Waals surface area contributed by atoms with E-state index in [4.69, 9.17) is 4.42 Å². The molecule has 1 aromatic heterocycles. The van der Waals surface area contributed by atoms with Gasteiger partial charge in [0.1, 0.15) is 11.5 Å². The lowest BCUT2D eigenvalue weighted by molar-refractivity contribution is 0.521. The molecule has 3 aromatic rings. The van der Waals surface area contributed by atoms with E-state index in [1.807, 2.05) is 13.0 Å². The van der Waals surface area contributed by atoms with Crippen molar-refractivity contribution in [2.45, 2.75) is 47.5 Å². The van der Waals surface area contributed by atoms with Crippen LogP contribution in [0.1, 0.15) is 51.8 Å². The molecule has 132 valence electrons. The number of rotatable bonds is 3. The van der Waals surface area contributed by atoms with Crippen LogP contribution in [0.3, 0.4) is 0 Å². The van der Waals surface area contributed by atoms with E-state index in [0.29, 0.717) is 0 Å². The largest absolute Gasteiger partial charge is 0.462 e. The van der Waals surface area contributed by atoms with Crippen molar-refractivity contribution in [2.75, 3.05) is 0 Å². The maximum atomic E-state index is 5.89. The highest BCUT2D eigenvalue weighted by Gasteiger charge is 2.22. The molecule has 0 spiro atoms. The number of benzene rings is 2. The van der Waals surface area contributed by atoms with Gasteiger partial charge in [0.05, 0.1) is 0 Å². The predicted molar refractivity (Wildman–Crippen MR) is 110 cm³/mol. The van der Waals surface area contributed by atoms with Gasteiger partial charge in [-0.05, 0) is 102 Å². The number of hydrogen-bond acceptors (Lipinski definition) is 1. The zero-order chi connectivity index (χ0) is 18.4. The van der Waals surface area contributed by atoms with Gasteiger partial charge in [0, 0.05) is 6.42 Å². The zero-order valence-electron chi connectivity index (χ0n) is 16.4. The fourth-order valence-electron chi connectivity index (χ4n) is 4.04. The fourth-order valence-corrected chi connectivity index (χ4v) is 4.04. The first-order valence-electron chi connectivity index (χ1n) is 9.48. The molecule has 1 aliphatic carbocycles. The van der Waals surface area contributed by atoms with E-state index < -0.39 is 0 Å². The van der Waals surface area contributed by atoms with E-state index >= 15 is 0 Å². The molecule has 1 nitrogen and oxygen atoms in total. The first-order chi connectivity index (χ1) is 12.5. The molecular formula is C25H26O. The Kier molecular flexibility index (Phi) is 4.11. The first kappa shape index (κ1) is 16.9. The Morgan fingerprint density at radius 2 is 1.65 bits per heavy atom. The van der Waals surface area contributed by atoms with E-state index in [1.165, 1.54) is 50.1 Å². The van der Waals surface area contributed by atoms with Gasteiger partial charge in [0.2, 0.25) is 0 Å². The van der Waals surface area contributed by atoms with Gasteiger partial charge < -0.3 is 4.42 Å². The van der Waals surface area contributed by atoms with Crippen LogP contribution < -0.4 is 0 Å². The monoisotopic (exact) mass is 342 g/mol. The maximum Gasteiger partial charge on any atom is 0.130 e. The summed E-state index contributed by atoms with van der Waals surface area (Å²) >= 11 is 0. The lowest BCUT2D eigenvalue weighted by Crippen LogP contribution is -1.96. The molecule has 0 saturated carbocycles. The molecule has 0 N–H and O–H groups in total. The lowest BCUT2D eigenvalue weighted by Gasteiger charge is -2.16. The lowest BCUT2D eigenvalue weighted by atomic mass is 9.88. The minimum Gasteiger partial charge on any atom is -0.462 e. The van der Waals surface area contributed by atoms with Gasteiger partial charge in [-0.25, -0.2) is 0 Å². The standard InChI is InChI=1S/C25H26O/c1-6-19-8-9-20-13-21(24-10-7-17(4)26-24)14-23(20)25(19)22-11-15(2)18(5)16(3)12-22/h7-12,14H,6,13H2,1-5H3. The highest BCUT2D eigenvalue weighted by molar-refractivity contribution is 5.94. The molecule has 0 radical (unpaired) electrons. The third-order valence-corrected chi connectivity index (χ3v) is 5.78. The van der Waals surface area contributed by atoms with Crippen molar-refractivity contribution in [2.24, 2.45) is 0 Å². The molecule has 0 fully saturated rings. The summed E-state index contributed by atoms with van der Waals surface area (Å²) in [5.41, 5.74) is 12.3. The van der Waals surface area contributed by atoms with Gasteiger partial charge in [-0.3, -0.25) is 0 Å². The molecule has 0 bridgehead atoms. The van der Waals surface area contributed by atoms with E-state index in [9.17, 15) is 0 Å².